The molecular formula is C8H15N5O2. The molecule has 0 rings (SSSR count). The number of amidine groups is 1. The van der Waals surface area contributed by atoms with Crippen LogP contribution in [-0.4, -0.2) is 24.0 Å². The summed E-state index contributed by atoms with van der Waals surface area (Å²) in [6, 6.07) is 0. The summed E-state index contributed by atoms with van der Waals surface area (Å²) in [5.41, 5.74) is 7.77. The molecule has 7 heteroatoms. The molecule has 0 aromatic rings. The molecule has 0 bridgehead atoms. The third-order valence-electron chi connectivity index (χ3n) is 1.88. The van der Waals surface area contributed by atoms with E-state index in [1.54, 1.807) is 20.8 Å². The number of oxime groups is 1. The van der Waals surface area contributed by atoms with Crippen molar-refractivity contribution in [2.45, 2.75) is 20.8 Å². The summed E-state index contributed by atoms with van der Waals surface area (Å²) in [4.78, 5) is 14.1. The number of carbonyl (C=O) groups is 1. The standard InChI is InChI=1S/C8H15N5O2/c1-8(2,3)5(7(14)10-4)6(12-15)11-13-9/h5,15H,1-4H3,(H,10,14)/b12-6-. The van der Waals surface area contributed by atoms with Gasteiger partial charge in [0.15, 0.2) is 5.84 Å². The highest BCUT2D eigenvalue weighted by atomic mass is 16.4. The zero-order chi connectivity index (χ0) is 12.1. The minimum absolute atomic E-state index is 0.232. The van der Waals surface area contributed by atoms with Crippen molar-refractivity contribution < 1.29 is 10.0 Å². The van der Waals surface area contributed by atoms with E-state index in [2.05, 4.69) is 20.5 Å². The van der Waals surface area contributed by atoms with Gasteiger partial charge in [-0.25, -0.2) is 0 Å². The van der Waals surface area contributed by atoms with Crippen molar-refractivity contribution in [1.29, 1.82) is 0 Å². The van der Waals surface area contributed by atoms with E-state index in [1.165, 1.54) is 7.05 Å². The smallest absolute Gasteiger partial charge is 0.229 e. The third kappa shape index (κ3) is 3.47. The van der Waals surface area contributed by atoms with Crippen molar-refractivity contribution in [2.24, 2.45) is 21.6 Å². The van der Waals surface area contributed by atoms with Gasteiger partial charge in [-0.2, -0.15) is 0 Å². The van der Waals surface area contributed by atoms with Gasteiger partial charge >= 0.3 is 0 Å². The molecule has 0 fully saturated rings. The molecule has 1 atom stereocenters. The molecule has 0 aromatic carbocycles. The Hall–Kier alpha value is -1.75. The lowest BCUT2D eigenvalue weighted by atomic mass is 9.79. The lowest BCUT2D eigenvalue weighted by Crippen LogP contribution is -2.40. The van der Waals surface area contributed by atoms with Crippen LogP contribution in [0.3, 0.4) is 0 Å². The van der Waals surface area contributed by atoms with Crippen LogP contribution in [0, 0.1) is 11.3 Å². The lowest BCUT2D eigenvalue weighted by Gasteiger charge is -2.27. The minimum atomic E-state index is -0.789. The van der Waals surface area contributed by atoms with Crippen LogP contribution in [0.25, 0.3) is 10.4 Å². The van der Waals surface area contributed by atoms with E-state index < -0.39 is 11.3 Å². The van der Waals surface area contributed by atoms with Crippen LogP contribution in [0.15, 0.2) is 10.3 Å². The van der Waals surface area contributed by atoms with Crippen molar-refractivity contribution >= 4 is 11.7 Å². The molecule has 0 aliphatic heterocycles. The van der Waals surface area contributed by atoms with Crippen molar-refractivity contribution in [3.8, 4) is 0 Å². The SMILES string of the molecule is CNC(=O)C(/C(N=[N+]=[N-])=N/O)C(C)(C)C. The quantitative estimate of drug-likeness (QED) is 0.138. The van der Waals surface area contributed by atoms with Crippen LogP contribution in [0.2, 0.25) is 0 Å². The van der Waals surface area contributed by atoms with E-state index >= 15 is 0 Å². The maximum absolute atomic E-state index is 11.5. The summed E-state index contributed by atoms with van der Waals surface area (Å²) in [6.45, 7) is 5.35. The van der Waals surface area contributed by atoms with Crippen molar-refractivity contribution in [1.82, 2.24) is 5.32 Å². The first-order chi connectivity index (χ1) is 6.88. The molecule has 0 aliphatic rings. The van der Waals surface area contributed by atoms with Crippen molar-refractivity contribution in [2.75, 3.05) is 7.05 Å². The van der Waals surface area contributed by atoms with Gasteiger partial charge in [0.25, 0.3) is 0 Å². The van der Waals surface area contributed by atoms with E-state index in [1.807, 2.05) is 0 Å². The van der Waals surface area contributed by atoms with Crippen LogP contribution in [0.1, 0.15) is 20.8 Å². The Bertz CT molecular complexity index is 311. The summed E-state index contributed by atoms with van der Waals surface area (Å²) in [5.74, 6) is -1.38. The number of hydrogen-bond donors (Lipinski definition) is 2. The largest absolute Gasteiger partial charge is 0.411 e. The van der Waals surface area contributed by atoms with E-state index in [0.29, 0.717) is 0 Å². The van der Waals surface area contributed by atoms with E-state index in [4.69, 9.17) is 10.7 Å². The number of rotatable bonds is 2. The van der Waals surface area contributed by atoms with Crippen LogP contribution < -0.4 is 5.32 Å². The Labute approximate surface area is 87.8 Å². The molecule has 0 saturated carbocycles. The molecule has 2 N–H and O–H groups in total. The van der Waals surface area contributed by atoms with Crippen LogP contribution in [0.5, 0.6) is 0 Å². The molecule has 1 unspecified atom stereocenters. The molecule has 0 aliphatic carbocycles. The Kier molecular flexibility index (Phi) is 4.60. The average Bonchev–Trinajstić information content (AvgIpc) is 2.14. The van der Waals surface area contributed by atoms with Gasteiger partial charge in [0.1, 0.15) is 0 Å². The highest BCUT2D eigenvalue weighted by molar-refractivity contribution is 6.03. The Morgan fingerprint density at radius 2 is 2.07 bits per heavy atom. The number of nitrogens with one attached hydrogen (secondary N) is 1. The first-order valence-corrected chi connectivity index (χ1v) is 4.37. The molecule has 0 spiro atoms. The summed E-state index contributed by atoms with van der Waals surface area (Å²) in [6.07, 6.45) is 0. The molecule has 7 nitrogen and oxygen atoms in total. The average molecular weight is 213 g/mol. The van der Waals surface area contributed by atoms with Gasteiger partial charge in [-0.15, -0.1) is 0 Å². The fourth-order valence-corrected chi connectivity index (χ4v) is 1.22. The number of hydrogen-bond acceptors (Lipinski definition) is 3. The Morgan fingerprint density at radius 3 is 2.33 bits per heavy atom. The molecular weight excluding hydrogens is 198 g/mol. The molecule has 0 saturated heterocycles. The van der Waals surface area contributed by atoms with E-state index in [-0.39, 0.29) is 11.7 Å². The van der Waals surface area contributed by atoms with E-state index in [9.17, 15) is 4.79 Å². The molecule has 0 aromatic heterocycles. The second-order valence-corrected chi connectivity index (χ2v) is 4.06. The molecule has 84 valence electrons. The maximum Gasteiger partial charge on any atom is 0.229 e. The monoisotopic (exact) mass is 213 g/mol. The predicted octanol–water partition coefficient (Wildman–Crippen LogP) is 1.49. The predicted molar refractivity (Wildman–Crippen MR) is 55.4 cm³/mol. The van der Waals surface area contributed by atoms with Crippen molar-refractivity contribution in [3.63, 3.8) is 0 Å². The molecule has 0 radical (unpaired) electrons. The third-order valence-corrected chi connectivity index (χ3v) is 1.88. The second kappa shape index (κ2) is 5.21. The zero-order valence-corrected chi connectivity index (χ0v) is 9.22. The van der Waals surface area contributed by atoms with Crippen LogP contribution >= 0.6 is 0 Å². The van der Waals surface area contributed by atoms with Gasteiger partial charge in [0.05, 0.1) is 5.92 Å². The first-order valence-electron chi connectivity index (χ1n) is 4.37. The second-order valence-electron chi connectivity index (χ2n) is 4.06. The van der Waals surface area contributed by atoms with Gasteiger partial charge in [-0.1, -0.05) is 25.9 Å². The zero-order valence-electron chi connectivity index (χ0n) is 9.22. The lowest BCUT2D eigenvalue weighted by molar-refractivity contribution is -0.125. The number of nitrogens with zero attached hydrogens (tertiary/aromatic N) is 4. The Morgan fingerprint density at radius 1 is 1.53 bits per heavy atom. The topological polar surface area (TPSA) is 110 Å². The number of azide groups is 1. The van der Waals surface area contributed by atoms with E-state index in [0.717, 1.165) is 0 Å². The van der Waals surface area contributed by atoms with Crippen molar-refractivity contribution in [3.05, 3.63) is 10.4 Å². The highest BCUT2D eigenvalue weighted by Crippen LogP contribution is 2.27. The van der Waals surface area contributed by atoms with Crippen LogP contribution in [0.4, 0.5) is 0 Å². The normalized spacial score (nSPS) is 14.0. The van der Waals surface area contributed by atoms with Crippen LogP contribution in [-0.2, 0) is 4.79 Å². The van der Waals surface area contributed by atoms with Gasteiger partial charge in [-0.05, 0) is 16.1 Å². The fourth-order valence-electron chi connectivity index (χ4n) is 1.22. The molecule has 15 heavy (non-hydrogen) atoms. The summed E-state index contributed by atoms with van der Waals surface area (Å²) in [5, 5.41) is 17.2. The molecule has 0 heterocycles. The highest BCUT2D eigenvalue weighted by Gasteiger charge is 2.35. The maximum atomic E-state index is 11.5. The first kappa shape index (κ1) is 13.2. The van der Waals surface area contributed by atoms with Gasteiger partial charge in [0, 0.05) is 12.0 Å². The fraction of sp³-hybridized carbons (Fsp3) is 0.750. The summed E-state index contributed by atoms with van der Waals surface area (Å²) >= 11 is 0. The molecule has 1 amide bonds. The van der Waals surface area contributed by atoms with Gasteiger partial charge < -0.3 is 10.5 Å². The van der Waals surface area contributed by atoms with Gasteiger partial charge in [0.2, 0.25) is 5.91 Å². The summed E-state index contributed by atoms with van der Waals surface area (Å²) < 4.78 is 0. The van der Waals surface area contributed by atoms with Gasteiger partial charge in [-0.3, -0.25) is 4.79 Å². The Balaban J connectivity index is 5.28. The number of carbonyl (C=O) groups excluding carboxylic acids is 1. The summed E-state index contributed by atoms with van der Waals surface area (Å²) in [7, 11) is 1.46. The minimum Gasteiger partial charge on any atom is -0.411 e. The number of amides is 1.